The number of nitrogens with zero attached hydrogens (tertiary/aromatic N) is 1. The molecule has 1 aromatic rings. The number of rotatable bonds is 2. The molecule has 0 heterocycles. The van der Waals surface area contributed by atoms with E-state index >= 15 is 0 Å². The van der Waals surface area contributed by atoms with Crippen LogP contribution in [0.25, 0.3) is 0 Å². The van der Waals surface area contributed by atoms with Crippen molar-refractivity contribution in [2.45, 2.75) is 19.9 Å². The van der Waals surface area contributed by atoms with Gasteiger partial charge in [0.15, 0.2) is 11.6 Å². The van der Waals surface area contributed by atoms with E-state index < -0.39 is 11.6 Å². The monoisotopic (exact) mass is 200 g/mol. The summed E-state index contributed by atoms with van der Waals surface area (Å²) in [6.45, 7) is 3.76. The average molecular weight is 200 g/mol. The van der Waals surface area contributed by atoms with Crippen molar-refractivity contribution >= 4 is 11.4 Å². The highest BCUT2D eigenvalue weighted by atomic mass is 19.2. The van der Waals surface area contributed by atoms with Crippen molar-refractivity contribution in [2.75, 3.05) is 17.7 Å². The first-order valence-corrected chi connectivity index (χ1v) is 4.41. The summed E-state index contributed by atoms with van der Waals surface area (Å²) < 4.78 is 26.3. The lowest BCUT2D eigenvalue weighted by molar-refractivity contribution is 0.506. The first-order valence-electron chi connectivity index (χ1n) is 4.41. The van der Waals surface area contributed by atoms with Gasteiger partial charge in [-0.25, -0.2) is 8.78 Å². The minimum atomic E-state index is -0.888. The Morgan fingerprint density at radius 2 is 1.86 bits per heavy atom. The summed E-state index contributed by atoms with van der Waals surface area (Å²) >= 11 is 0. The van der Waals surface area contributed by atoms with Gasteiger partial charge in [0.1, 0.15) is 0 Å². The second-order valence-electron chi connectivity index (χ2n) is 3.50. The van der Waals surface area contributed by atoms with Gasteiger partial charge in [-0.05, 0) is 26.0 Å². The van der Waals surface area contributed by atoms with Gasteiger partial charge >= 0.3 is 0 Å². The molecule has 0 atom stereocenters. The quantitative estimate of drug-likeness (QED) is 0.743. The number of hydrogen-bond acceptors (Lipinski definition) is 2. The Bertz CT molecular complexity index is 337. The van der Waals surface area contributed by atoms with Gasteiger partial charge in [0.25, 0.3) is 0 Å². The van der Waals surface area contributed by atoms with E-state index in [2.05, 4.69) is 0 Å². The normalized spacial score (nSPS) is 10.7. The van der Waals surface area contributed by atoms with Gasteiger partial charge in [0.2, 0.25) is 0 Å². The lowest BCUT2D eigenvalue weighted by Crippen LogP contribution is -2.27. The zero-order chi connectivity index (χ0) is 10.9. The van der Waals surface area contributed by atoms with E-state index in [0.717, 1.165) is 6.07 Å². The molecule has 0 aliphatic heterocycles. The third-order valence-electron chi connectivity index (χ3n) is 2.23. The SMILES string of the molecule is CC(C)N(C)c1c(N)ccc(F)c1F. The molecule has 0 radical (unpaired) electrons. The molecule has 0 unspecified atom stereocenters. The summed E-state index contributed by atoms with van der Waals surface area (Å²) in [4.78, 5) is 1.60. The van der Waals surface area contributed by atoms with Crippen molar-refractivity contribution in [1.29, 1.82) is 0 Å². The molecule has 14 heavy (non-hydrogen) atoms. The third kappa shape index (κ3) is 1.78. The largest absolute Gasteiger partial charge is 0.397 e. The molecular formula is C10H14F2N2. The minimum Gasteiger partial charge on any atom is -0.397 e. The Balaban J connectivity index is 3.25. The van der Waals surface area contributed by atoms with Crippen molar-refractivity contribution in [3.8, 4) is 0 Å². The highest BCUT2D eigenvalue weighted by Crippen LogP contribution is 2.28. The van der Waals surface area contributed by atoms with E-state index in [1.165, 1.54) is 6.07 Å². The lowest BCUT2D eigenvalue weighted by atomic mass is 10.2. The van der Waals surface area contributed by atoms with Gasteiger partial charge in [0.05, 0.1) is 11.4 Å². The number of anilines is 2. The van der Waals surface area contributed by atoms with Gasteiger partial charge in [-0.15, -0.1) is 0 Å². The Labute approximate surface area is 82.3 Å². The van der Waals surface area contributed by atoms with Gasteiger partial charge in [-0.2, -0.15) is 0 Å². The van der Waals surface area contributed by atoms with Crippen LogP contribution in [0, 0.1) is 11.6 Å². The Morgan fingerprint density at radius 1 is 1.29 bits per heavy atom. The van der Waals surface area contributed by atoms with Crippen LogP contribution in [-0.4, -0.2) is 13.1 Å². The molecule has 0 aliphatic rings. The molecular weight excluding hydrogens is 186 g/mol. The van der Waals surface area contributed by atoms with Crippen LogP contribution in [0.3, 0.4) is 0 Å². The maximum atomic E-state index is 13.4. The number of hydrogen-bond donors (Lipinski definition) is 1. The fourth-order valence-electron chi connectivity index (χ4n) is 1.17. The van der Waals surface area contributed by atoms with Crippen LogP contribution in [0.2, 0.25) is 0 Å². The number of nitrogens with two attached hydrogens (primary N) is 1. The molecule has 1 rings (SSSR count). The van der Waals surface area contributed by atoms with E-state index in [1.807, 2.05) is 13.8 Å². The molecule has 4 heteroatoms. The predicted octanol–water partition coefficient (Wildman–Crippen LogP) is 2.39. The fraction of sp³-hybridized carbons (Fsp3) is 0.400. The fourth-order valence-corrected chi connectivity index (χ4v) is 1.17. The summed E-state index contributed by atoms with van der Waals surface area (Å²) in [6.07, 6.45) is 0. The lowest BCUT2D eigenvalue weighted by Gasteiger charge is -2.25. The van der Waals surface area contributed by atoms with Crippen LogP contribution in [0.4, 0.5) is 20.2 Å². The molecule has 0 aliphatic carbocycles. The summed E-state index contributed by atoms with van der Waals surface area (Å²) in [5, 5.41) is 0. The third-order valence-corrected chi connectivity index (χ3v) is 2.23. The molecule has 2 nitrogen and oxygen atoms in total. The zero-order valence-electron chi connectivity index (χ0n) is 8.51. The Kier molecular flexibility index (Phi) is 2.93. The Hall–Kier alpha value is -1.32. The van der Waals surface area contributed by atoms with E-state index in [1.54, 1.807) is 11.9 Å². The number of nitrogen functional groups attached to an aromatic ring is 1. The van der Waals surface area contributed by atoms with E-state index in [9.17, 15) is 8.78 Å². The second kappa shape index (κ2) is 3.82. The van der Waals surface area contributed by atoms with Gasteiger partial charge in [-0.1, -0.05) is 0 Å². The van der Waals surface area contributed by atoms with Crippen LogP contribution in [-0.2, 0) is 0 Å². The molecule has 0 amide bonds. The van der Waals surface area contributed by atoms with E-state index in [-0.39, 0.29) is 17.4 Å². The molecule has 0 fully saturated rings. The molecule has 0 bridgehead atoms. The molecule has 0 spiro atoms. The number of halogens is 2. The Morgan fingerprint density at radius 3 is 2.36 bits per heavy atom. The molecule has 0 saturated heterocycles. The van der Waals surface area contributed by atoms with Crippen LogP contribution >= 0.6 is 0 Å². The topological polar surface area (TPSA) is 29.3 Å². The number of benzene rings is 1. The summed E-state index contributed by atoms with van der Waals surface area (Å²) in [5.41, 5.74) is 5.96. The van der Waals surface area contributed by atoms with E-state index in [4.69, 9.17) is 5.73 Å². The van der Waals surface area contributed by atoms with Gasteiger partial charge in [-0.3, -0.25) is 0 Å². The summed E-state index contributed by atoms with van der Waals surface area (Å²) in [7, 11) is 1.68. The molecule has 2 N–H and O–H groups in total. The van der Waals surface area contributed by atoms with Gasteiger partial charge < -0.3 is 10.6 Å². The standard InChI is InChI=1S/C10H14F2N2/c1-6(2)14(3)10-8(13)5-4-7(11)9(10)12/h4-6H,13H2,1-3H3. The molecule has 0 saturated carbocycles. The molecule has 0 aromatic heterocycles. The smallest absolute Gasteiger partial charge is 0.184 e. The first kappa shape index (κ1) is 10.8. The van der Waals surface area contributed by atoms with Crippen LogP contribution < -0.4 is 10.6 Å². The van der Waals surface area contributed by atoms with E-state index in [0.29, 0.717) is 0 Å². The van der Waals surface area contributed by atoms with Crippen molar-refractivity contribution in [3.05, 3.63) is 23.8 Å². The van der Waals surface area contributed by atoms with Crippen molar-refractivity contribution in [1.82, 2.24) is 0 Å². The van der Waals surface area contributed by atoms with Gasteiger partial charge in [0, 0.05) is 13.1 Å². The molecule has 78 valence electrons. The molecule has 1 aromatic carbocycles. The van der Waals surface area contributed by atoms with Crippen molar-refractivity contribution in [3.63, 3.8) is 0 Å². The van der Waals surface area contributed by atoms with Crippen molar-refractivity contribution < 1.29 is 8.78 Å². The highest BCUT2D eigenvalue weighted by molar-refractivity contribution is 5.68. The summed E-state index contributed by atoms with van der Waals surface area (Å²) in [5.74, 6) is -1.76. The maximum Gasteiger partial charge on any atom is 0.184 e. The second-order valence-corrected chi connectivity index (χ2v) is 3.50. The first-order chi connectivity index (χ1) is 6.45. The van der Waals surface area contributed by atoms with Crippen LogP contribution in [0.15, 0.2) is 12.1 Å². The zero-order valence-corrected chi connectivity index (χ0v) is 8.51. The minimum absolute atomic E-state index is 0.0635. The highest BCUT2D eigenvalue weighted by Gasteiger charge is 2.17. The average Bonchev–Trinajstić information content (AvgIpc) is 2.12. The van der Waals surface area contributed by atoms with Crippen molar-refractivity contribution in [2.24, 2.45) is 0 Å². The van der Waals surface area contributed by atoms with Crippen LogP contribution in [0.1, 0.15) is 13.8 Å². The maximum absolute atomic E-state index is 13.4. The predicted molar refractivity (Wildman–Crippen MR) is 54.3 cm³/mol. The van der Waals surface area contributed by atoms with Crippen LogP contribution in [0.5, 0.6) is 0 Å². The summed E-state index contributed by atoms with van der Waals surface area (Å²) in [6, 6.07) is 2.46.